The first-order valence-electron chi connectivity index (χ1n) is 7.63. The van der Waals surface area contributed by atoms with Crippen molar-refractivity contribution < 1.29 is 9.53 Å². The Balaban J connectivity index is 1.65. The first-order chi connectivity index (χ1) is 10.1. The molecule has 3 rings (SSSR count). The van der Waals surface area contributed by atoms with Crippen molar-refractivity contribution in [1.82, 2.24) is 0 Å². The Labute approximate surface area is 130 Å². The molecule has 21 heavy (non-hydrogen) atoms. The van der Waals surface area contributed by atoms with E-state index in [9.17, 15) is 4.79 Å². The number of carbonyl (C=O) groups is 1. The number of nitrogens with one attached hydrogen (secondary N) is 1. The van der Waals surface area contributed by atoms with Crippen LogP contribution in [-0.4, -0.2) is 18.6 Å². The van der Waals surface area contributed by atoms with Crippen molar-refractivity contribution in [2.45, 2.75) is 50.7 Å². The van der Waals surface area contributed by atoms with E-state index in [0.29, 0.717) is 17.5 Å². The van der Waals surface area contributed by atoms with Crippen LogP contribution in [0.15, 0.2) is 12.1 Å². The van der Waals surface area contributed by atoms with Gasteiger partial charge in [-0.25, -0.2) is 0 Å². The zero-order valence-electron chi connectivity index (χ0n) is 12.0. The van der Waals surface area contributed by atoms with Gasteiger partial charge in [-0.15, -0.1) is 0 Å². The molecule has 3 N–H and O–H groups in total. The van der Waals surface area contributed by atoms with Gasteiger partial charge in [0, 0.05) is 23.4 Å². The first kappa shape index (κ1) is 14.8. The lowest BCUT2D eigenvalue weighted by Crippen LogP contribution is -2.21. The van der Waals surface area contributed by atoms with Crippen LogP contribution in [0.1, 0.15) is 49.3 Å². The molecule has 1 aromatic rings. The molecule has 1 saturated heterocycles. The minimum absolute atomic E-state index is 0.0161. The third-order valence-electron chi connectivity index (χ3n) is 4.32. The fourth-order valence-corrected chi connectivity index (χ4v) is 3.41. The number of ether oxygens (including phenoxy) is 1. The van der Waals surface area contributed by atoms with Gasteiger partial charge < -0.3 is 15.8 Å². The van der Waals surface area contributed by atoms with Crippen LogP contribution in [0.2, 0.25) is 5.02 Å². The third-order valence-corrected chi connectivity index (χ3v) is 4.65. The highest BCUT2D eigenvalue weighted by atomic mass is 35.5. The molecule has 0 radical (unpaired) electrons. The second-order valence-corrected chi connectivity index (χ2v) is 6.34. The fraction of sp³-hybridized carbons (Fsp3) is 0.562. The van der Waals surface area contributed by atoms with Gasteiger partial charge in [-0.3, -0.25) is 4.79 Å². The highest BCUT2D eigenvalue weighted by Crippen LogP contribution is 2.34. The van der Waals surface area contributed by atoms with Crippen molar-refractivity contribution in [1.29, 1.82) is 0 Å². The van der Waals surface area contributed by atoms with Crippen molar-refractivity contribution in [3.63, 3.8) is 0 Å². The molecule has 2 atom stereocenters. The minimum Gasteiger partial charge on any atom is -0.378 e. The van der Waals surface area contributed by atoms with Crippen LogP contribution in [0.5, 0.6) is 0 Å². The molecule has 4 nitrogen and oxygen atoms in total. The zero-order chi connectivity index (χ0) is 14.8. The molecule has 0 spiro atoms. The molecule has 2 unspecified atom stereocenters. The number of carbonyl (C=O) groups excluding carboxylic acids is 1. The van der Waals surface area contributed by atoms with Gasteiger partial charge in [0.15, 0.2) is 0 Å². The minimum atomic E-state index is -0.107. The Morgan fingerprint density at radius 2 is 2.29 bits per heavy atom. The number of halogens is 1. The first-order valence-corrected chi connectivity index (χ1v) is 8.00. The summed E-state index contributed by atoms with van der Waals surface area (Å²) in [6, 6.07) is 3.68. The maximum Gasteiger partial charge on any atom is 0.228 e. The summed E-state index contributed by atoms with van der Waals surface area (Å²) in [7, 11) is 0. The molecule has 0 bridgehead atoms. The summed E-state index contributed by atoms with van der Waals surface area (Å²) >= 11 is 6.31. The van der Waals surface area contributed by atoms with E-state index in [1.807, 2.05) is 12.1 Å². The van der Waals surface area contributed by atoms with Crippen LogP contribution in [0.3, 0.4) is 0 Å². The average molecular weight is 309 g/mol. The highest BCUT2D eigenvalue weighted by molar-refractivity contribution is 6.32. The summed E-state index contributed by atoms with van der Waals surface area (Å²) in [6.45, 7) is 0.868. The summed E-state index contributed by atoms with van der Waals surface area (Å²) in [4.78, 5) is 11.4. The SMILES string of the molecule is NC(CCC1CCCCO1)c1cc2c(cc1Cl)NC(=O)C2. The quantitative estimate of drug-likeness (QED) is 0.898. The molecular weight excluding hydrogens is 288 g/mol. The number of anilines is 1. The monoisotopic (exact) mass is 308 g/mol. The van der Waals surface area contributed by atoms with Gasteiger partial charge in [-0.05, 0) is 49.3 Å². The van der Waals surface area contributed by atoms with Gasteiger partial charge in [0.2, 0.25) is 5.91 Å². The molecule has 0 saturated carbocycles. The van der Waals surface area contributed by atoms with Crippen LogP contribution in [0.25, 0.3) is 0 Å². The number of rotatable bonds is 4. The predicted octanol–water partition coefficient (Wildman–Crippen LogP) is 3.18. The Bertz CT molecular complexity index is 541. The molecule has 0 aliphatic carbocycles. The molecule has 1 aromatic carbocycles. The van der Waals surface area contributed by atoms with Gasteiger partial charge in [-0.2, -0.15) is 0 Å². The van der Waals surface area contributed by atoms with Crippen molar-refractivity contribution in [2.24, 2.45) is 5.73 Å². The Hall–Kier alpha value is -1.10. The fourth-order valence-electron chi connectivity index (χ4n) is 3.11. The van der Waals surface area contributed by atoms with Gasteiger partial charge in [-0.1, -0.05) is 17.7 Å². The predicted molar refractivity (Wildman–Crippen MR) is 83.5 cm³/mol. The number of fused-ring (bicyclic) bond motifs is 1. The Kier molecular flexibility index (Phi) is 4.48. The lowest BCUT2D eigenvalue weighted by molar-refractivity contribution is -0.115. The van der Waals surface area contributed by atoms with Crippen molar-refractivity contribution >= 4 is 23.2 Å². The summed E-state index contributed by atoms with van der Waals surface area (Å²) in [5.41, 5.74) is 9.04. The summed E-state index contributed by atoms with van der Waals surface area (Å²) in [6.07, 6.45) is 6.10. The summed E-state index contributed by atoms with van der Waals surface area (Å²) < 4.78 is 5.74. The standard InChI is InChI=1S/C16H21ClN2O2/c17-13-9-15-10(8-16(20)19-15)7-12(13)14(18)5-4-11-3-1-2-6-21-11/h7,9,11,14H,1-6,8,18H2,(H,19,20). The summed E-state index contributed by atoms with van der Waals surface area (Å²) in [5.74, 6) is 0.0161. The molecule has 2 aliphatic rings. The second-order valence-electron chi connectivity index (χ2n) is 5.93. The van der Waals surface area contributed by atoms with Crippen LogP contribution in [-0.2, 0) is 16.0 Å². The van der Waals surface area contributed by atoms with Crippen molar-refractivity contribution in [3.8, 4) is 0 Å². The number of hydrogen-bond acceptors (Lipinski definition) is 3. The smallest absolute Gasteiger partial charge is 0.228 e. The van der Waals surface area contributed by atoms with E-state index in [1.165, 1.54) is 12.8 Å². The third kappa shape index (κ3) is 3.39. The van der Waals surface area contributed by atoms with Crippen molar-refractivity contribution in [2.75, 3.05) is 11.9 Å². The average Bonchev–Trinajstić information content (AvgIpc) is 2.84. The normalized spacial score (nSPS) is 22.8. The number of benzene rings is 1. The van der Waals surface area contributed by atoms with Gasteiger partial charge in [0.05, 0.1) is 12.5 Å². The largest absolute Gasteiger partial charge is 0.378 e. The molecular formula is C16H21ClN2O2. The topological polar surface area (TPSA) is 64.3 Å². The van der Waals surface area contributed by atoms with E-state index < -0.39 is 0 Å². The van der Waals surface area contributed by atoms with E-state index in [0.717, 1.165) is 42.7 Å². The number of amides is 1. The van der Waals surface area contributed by atoms with Crippen LogP contribution in [0, 0.1) is 0 Å². The molecule has 0 aromatic heterocycles. The van der Waals surface area contributed by atoms with Gasteiger partial charge in [0.1, 0.15) is 0 Å². The maximum absolute atomic E-state index is 11.4. The van der Waals surface area contributed by atoms with Crippen molar-refractivity contribution in [3.05, 3.63) is 28.3 Å². The van der Waals surface area contributed by atoms with Crippen LogP contribution < -0.4 is 11.1 Å². The molecule has 114 valence electrons. The van der Waals surface area contributed by atoms with E-state index in [-0.39, 0.29) is 11.9 Å². The number of nitrogens with two attached hydrogens (primary N) is 1. The molecule has 2 heterocycles. The lowest BCUT2D eigenvalue weighted by atomic mass is 9.96. The maximum atomic E-state index is 11.4. The molecule has 1 fully saturated rings. The summed E-state index contributed by atoms with van der Waals surface area (Å²) in [5, 5.41) is 3.44. The van der Waals surface area contributed by atoms with Gasteiger partial charge >= 0.3 is 0 Å². The number of hydrogen-bond donors (Lipinski definition) is 2. The zero-order valence-corrected chi connectivity index (χ0v) is 12.8. The molecule has 1 amide bonds. The molecule has 2 aliphatic heterocycles. The van der Waals surface area contributed by atoms with Crippen LogP contribution in [0.4, 0.5) is 5.69 Å². The van der Waals surface area contributed by atoms with Crippen LogP contribution >= 0.6 is 11.6 Å². The lowest BCUT2D eigenvalue weighted by Gasteiger charge is -2.24. The van der Waals surface area contributed by atoms with E-state index in [4.69, 9.17) is 22.1 Å². The Morgan fingerprint density at radius 3 is 3.05 bits per heavy atom. The second kappa shape index (κ2) is 6.34. The highest BCUT2D eigenvalue weighted by Gasteiger charge is 2.22. The molecule has 5 heteroatoms. The van der Waals surface area contributed by atoms with Gasteiger partial charge in [0.25, 0.3) is 0 Å². The van der Waals surface area contributed by atoms with E-state index >= 15 is 0 Å². The Morgan fingerprint density at radius 1 is 1.43 bits per heavy atom. The van der Waals surface area contributed by atoms with E-state index in [1.54, 1.807) is 0 Å². The van der Waals surface area contributed by atoms with E-state index in [2.05, 4.69) is 5.32 Å².